The van der Waals surface area contributed by atoms with Crippen molar-refractivity contribution in [2.45, 2.75) is 19.8 Å². The largest absolute Gasteiger partial charge is 0.289 e. The topological polar surface area (TPSA) is 17.1 Å². The van der Waals surface area contributed by atoms with Crippen LogP contribution in [0.25, 0.3) is 12.2 Å². The van der Waals surface area contributed by atoms with Crippen LogP contribution in [0.5, 0.6) is 0 Å². The third-order valence-corrected chi connectivity index (χ3v) is 3.81. The molecule has 1 saturated carbocycles. The molecular formula is C20H18O. The van der Waals surface area contributed by atoms with Crippen molar-refractivity contribution in [2.24, 2.45) is 0 Å². The van der Waals surface area contributed by atoms with Gasteiger partial charge in [0.15, 0.2) is 5.78 Å². The summed E-state index contributed by atoms with van der Waals surface area (Å²) in [5.74, 6) is 0.194. The lowest BCUT2D eigenvalue weighted by Gasteiger charge is -1.98. The Morgan fingerprint density at radius 3 is 1.86 bits per heavy atom. The van der Waals surface area contributed by atoms with Crippen LogP contribution in [-0.4, -0.2) is 5.78 Å². The third-order valence-electron chi connectivity index (χ3n) is 3.81. The van der Waals surface area contributed by atoms with Crippen molar-refractivity contribution in [3.05, 3.63) is 82.4 Å². The maximum Gasteiger partial charge on any atom is 0.185 e. The van der Waals surface area contributed by atoms with Gasteiger partial charge in [-0.1, -0.05) is 60.2 Å². The molecule has 0 heterocycles. The normalized spacial score (nSPS) is 18.6. The maximum absolute atomic E-state index is 12.4. The second kappa shape index (κ2) is 5.92. The van der Waals surface area contributed by atoms with Crippen molar-refractivity contribution in [2.75, 3.05) is 0 Å². The Labute approximate surface area is 125 Å². The van der Waals surface area contributed by atoms with Gasteiger partial charge in [-0.3, -0.25) is 4.79 Å². The van der Waals surface area contributed by atoms with Crippen LogP contribution in [0.1, 0.15) is 29.5 Å². The Morgan fingerprint density at radius 1 is 0.762 bits per heavy atom. The summed E-state index contributed by atoms with van der Waals surface area (Å²) in [7, 11) is 0. The fourth-order valence-corrected chi connectivity index (χ4v) is 2.59. The summed E-state index contributed by atoms with van der Waals surface area (Å²) >= 11 is 0. The van der Waals surface area contributed by atoms with E-state index in [4.69, 9.17) is 0 Å². The van der Waals surface area contributed by atoms with E-state index in [0.29, 0.717) is 0 Å². The van der Waals surface area contributed by atoms with Crippen LogP contribution in [0, 0.1) is 6.92 Å². The monoisotopic (exact) mass is 274 g/mol. The van der Waals surface area contributed by atoms with Gasteiger partial charge in [0.1, 0.15) is 0 Å². The highest BCUT2D eigenvalue weighted by atomic mass is 16.1. The third kappa shape index (κ3) is 3.19. The molecule has 0 atom stereocenters. The van der Waals surface area contributed by atoms with Gasteiger partial charge in [-0.15, -0.1) is 0 Å². The Morgan fingerprint density at radius 2 is 1.29 bits per heavy atom. The molecule has 1 aliphatic carbocycles. The van der Waals surface area contributed by atoms with E-state index in [2.05, 4.69) is 31.2 Å². The summed E-state index contributed by atoms with van der Waals surface area (Å²) in [5, 5.41) is 0. The van der Waals surface area contributed by atoms with Crippen LogP contribution in [0.3, 0.4) is 0 Å². The Bertz CT molecular complexity index is 703. The predicted octanol–water partition coefficient (Wildman–Crippen LogP) is 4.82. The van der Waals surface area contributed by atoms with E-state index in [1.54, 1.807) is 0 Å². The summed E-state index contributed by atoms with van der Waals surface area (Å²) in [4.78, 5) is 12.4. The SMILES string of the molecule is Cc1ccc(C=C2CCC(=Cc3ccccc3)C2=O)cc1. The molecule has 0 aliphatic heterocycles. The number of benzene rings is 2. The first kappa shape index (κ1) is 13.6. The molecule has 1 aliphatic rings. The van der Waals surface area contributed by atoms with Crippen LogP contribution < -0.4 is 0 Å². The number of hydrogen-bond donors (Lipinski definition) is 0. The van der Waals surface area contributed by atoms with Crippen LogP contribution in [0.4, 0.5) is 0 Å². The first-order valence-corrected chi connectivity index (χ1v) is 7.30. The molecule has 0 amide bonds. The van der Waals surface area contributed by atoms with Gasteiger partial charge in [-0.2, -0.15) is 0 Å². The fraction of sp³-hybridized carbons (Fsp3) is 0.150. The molecule has 0 bridgehead atoms. The Balaban J connectivity index is 1.83. The van der Waals surface area contributed by atoms with Crippen molar-refractivity contribution in [1.29, 1.82) is 0 Å². The van der Waals surface area contributed by atoms with E-state index in [1.165, 1.54) is 5.56 Å². The van der Waals surface area contributed by atoms with Crippen LogP contribution in [0.15, 0.2) is 65.7 Å². The highest BCUT2D eigenvalue weighted by molar-refractivity contribution is 6.15. The summed E-state index contributed by atoms with van der Waals surface area (Å²) in [6.07, 6.45) is 5.71. The second-order valence-corrected chi connectivity index (χ2v) is 5.49. The molecular weight excluding hydrogens is 256 g/mol. The van der Waals surface area contributed by atoms with E-state index in [-0.39, 0.29) is 5.78 Å². The van der Waals surface area contributed by atoms with Crippen molar-refractivity contribution in [3.63, 3.8) is 0 Å². The first-order valence-electron chi connectivity index (χ1n) is 7.30. The minimum atomic E-state index is 0.194. The lowest BCUT2D eigenvalue weighted by atomic mass is 10.1. The zero-order valence-corrected chi connectivity index (χ0v) is 12.2. The highest BCUT2D eigenvalue weighted by Crippen LogP contribution is 2.29. The molecule has 0 saturated heterocycles. The molecule has 3 rings (SSSR count). The molecule has 0 aromatic heterocycles. The number of carbonyl (C=O) groups is 1. The van der Waals surface area contributed by atoms with E-state index in [0.717, 1.165) is 35.1 Å². The molecule has 0 unspecified atom stereocenters. The molecule has 1 nitrogen and oxygen atoms in total. The highest BCUT2D eigenvalue weighted by Gasteiger charge is 2.22. The van der Waals surface area contributed by atoms with Crippen molar-refractivity contribution in [3.8, 4) is 0 Å². The van der Waals surface area contributed by atoms with Crippen molar-refractivity contribution < 1.29 is 4.79 Å². The average Bonchev–Trinajstić information content (AvgIpc) is 2.84. The molecule has 21 heavy (non-hydrogen) atoms. The van der Waals surface area contributed by atoms with Crippen molar-refractivity contribution >= 4 is 17.9 Å². The molecule has 1 fully saturated rings. The minimum Gasteiger partial charge on any atom is -0.289 e. The van der Waals surface area contributed by atoms with E-state index < -0.39 is 0 Å². The number of ketones is 1. The van der Waals surface area contributed by atoms with Gasteiger partial charge in [-0.25, -0.2) is 0 Å². The number of hydrogen-bond acceptors (Lipinski definition) is 1. The minimum absolute atomic E-state index is 0.194. The quantitative estimate of drug-likeness (QED) is 0.717. The predicted molar refractivity (Wildman–Crippen MR) is 87.8 cm³/mol. The Kier molecular flexibility index (Phi) is 3.83. The number of Topliss-reactive ketones (excluding diaryl/α,β-unsaturated/α-hetero) is 1. The van der Waals surface area contributed by atoms with Crippen molar-refractivity contribution in [1.82, 2.24) is 0 Å². The summed E-state index contributed by atoms with van der Waals surface area (Å²) in [6, 6.07) is 18.3. The van der Waals surface area contributed by atoms with Gasteiger partial charge in [0.25, 0.3) is 0 Å². The van der Waals surface area contributed by atoms with Crippen LogP contribution >= 0.6 is 0 Å². The number of aryl methyl sites for hydroxylation is 1. The first-order chi connectivity index (χ1) is 10.2. The van der Waals surface area contributed by atoms with Gasteiger partial charge in [0.05, 0.1) is 0 Å². The zero-order valence-electron chi connectivity index (χ0n) is 12.2. The average molecular weight is 274 g/mol. The number of allylic oxidation sites excluding steroid dienone is 2. The van der Waals surface area contributed by atoms with E-state index in [9.17, 15) is 4.79 Å². The summed E-state index contributed by atoms with van der Waals surface area (Å²) < 4.78 is 0. The van der Waals surface area contributed by atoms with E-state index in [1.807, 2.05) is 42.5 Å². The second-order valence-electron chi connectivity index (χ2n) is 5.49. The molecule has 2 aromatic rings. The molecule has 104 valence electrons. The number of rotatable bonds is 2. The van der Waals surface area contributed by atoms with Gasteiger partial charge in [0.2, 0.25) is 0 Å². The zero-order chi connectivity index (χ0) is 14.7. The maximum atomic E-state index is 12.4. The molecule has 1 heteroatoms. The fourth-order valence-electron chi connectivity index (χ4n) is 2.59. The molecule has 0 radical (unpaired) electrons. The molecule has 0 spiro atoms. The smallest absolute Gasteiger partial charge is 0.185 e. The summed E-state index contributed by atoms with van der Waals surface area (Å²) in [5.41, 5.74) is 5.27. The van der Waals surface area contributed by atoms with Gasteiger partial charge in [0, 0.05) is 11.1 Å². The molecule has 0 N–H and O–H groups in total. The van der Waals surface area contributed by atoms with Crippen LogP contribution in [0.2, 0.25) is 0 Å². The van der Waals surface area contributed by atoms with E-state index >= 15 is 0 Å². The molecule has 2 aromatic carbocycles. The van der Waals surface area contributed by atoms with Gasteiger partial charge in [-0.05, 0) is 43.0 Å². The standard InChI is InChI=1S/C20H18O/c1-15-7-9-17(10-8-15)14-19-12-11-18(20(19)21)13-16-5-3-2-4-6-16/h2-10,13-14H,11-12H2,1H3. The lowest BCUT2D eigenvalue weighted by molar-refractivity contribution is -0.111. The van der Waals surface area contributed by atoms with Crippen LogP contribution in [-0.2, 0) is 4.79 Å². The Hall–Kier alpha value is -2.41. The summed E-state index contributed by atoms with van der Waals surface area (Å²) in [6.45, 7) is 2.07. The number of carbonyl (C=O) groups excluding carboxylic acids is 1. The van der Waals surface area contributed by atoms with Gasteiger partial charge >= 0.3 is 0 Å². The van der Waals surface area contributed by atoms with Gasteiger partial charge < -0.3 is 0 Å². The lowest BCUT2D eigenvalue weighted by Crippen LogP contribution is -1.95.